The van der Waals surface area contributed by atoms with Crippen molar-refractivity contribution in [3.8, 4) is 0 Å². The topological polar surface area (TPSA) is 79.5 Å². The van der Waals surface area contributed by atoms with Gasteiger partial charge in [0.1, 0.15) is 0 Å². The molecule has 0 radical (unpaired) electrons. The van der Waals surface area contributed by atoms with Gasteiger partial charge in [-0.15, -0.1) is 0 Å². The van der Waals surface area contributed by atoms with Crippen LogP contribution in [-0.2, 0) is 0 Å². The van der Waals surface area contributed by atoms with Crippen molar-refractivity contribution in [3.05, 3.63) is 45.9 Å². The third-order valence-corrected chi connectivity index (χ3v) is 5.04. The Kier molecular flexibility index (Phi) is 4.78. The number of halogens is 1. The van der Waals surface area contributed by atoms with E-state index in [1.165, 1.54) is 6.21 Å². The summed E-state index contributed by atoms with van der Waals surface area (Å²) in [5.41, 5.74) is 0.978. The summed E-state index contributed by atoms with van der Waals surface area (Å²) >= 11 is 3.50. The van der Waals surface area contributed by atoms with E-state index in [9.17, 15) is 10.2 Å². The summed E-state index contributed by atoms with van der Waals surface area (Å²) in [6.07, 6.45) is 4.06. The molecule has 0 amide bonds. The third-order valence-electron chi connectivity index (χ3n) is 4.39. The molecule has 5 heteroatoms. The van der Waals surface area contributed by atoms with Crippen LogP contribution in [0.15, 0.2) is 39.8 Å². The lowest BCUT2D eigenvalue weighted by Gasteiger charge is -2.27. The standard InChI is InChI=1S/C18H19BrN2O2/c19-15-9-13(14(10-20)11-5-1-2-6-12(11)15)18(23)21-16-7-3-4-8-17(16)22/h1-2,5-6,9-10,16-17,20,22H,3-4,7-8H2,(H,21,23)/p-1/t16-,17-/m0/s1. The molecule has 1 aliphatic carbocycles. The van der Waals surface area contributed by atoms with E-state index in [0.717, 1.165) is 34.5 Å². The molecule has 3 rings (SSSR count). The van der Waals surface area contributed by atoms with Gasteiger partial charge in [0, 0.05) is 16.3 Å². The smallest absolute Gasteiger partial charge is 0.0763 e. The number of hydrogen-bond acceptors (Lipinski definition) is 4. The molecule has 4 nitrogen and oxygen atoms in total. The second-order valence-corrected chi connectivity index (χ2v) is 6.72. The van der Waals surface area contributed by atoms with Crippen molar-refractivity contribution in [2.75, 3.05) is 0 Å². The highest BCUT2D eigenvalue weighted by atomic mass is 79.9. The van der Waals surface area contributed by atoms with Crippen molar-refractivity contribution < 1.29 is 10.2 Å². The zero-order valence-electron chi connectivity index (χ0n) is 12.6. The van der Waals surface area contributed by atoms with Gasteiger partial charge in [-0.2, -0.15) is 0 Å². The monoisotopic (exact) mass is 373 g/mol. The van der Waals surface area contributed by atoms with Gasteiger partial charge in [-0.05, 0) is 41.1 Å². The number of nitrogens with zero attached hydrogens (tertiary/aromatic N) is 1. The second-order valence-electron chi connectivity index (χ2n) is 5.86. The molecular formula is C18H18BrN2O2-. The summed E-state index contributed by atoms with van der Waals surface area (Å²) < 4.78 is 0.807. The number of rotatable bonds is 3. The van der Waals surface area contributed by atoms with E-state index >= 15 is 0 Å². The van der Waals surface area contributed by atoms with Gasteiger partial charge >= 0.3 is 0 Å². The van der Waals surface area contributed by atoms with Crippen LogP contribution in [0.1, 0.15) is 36.8 Å². The maximum Gasteiger partial charge on any atom is 0.0763 e. The van der Waals surface area contributed by atoms with E-state index in [4.69, 9.17) is 5.41 Å². The first-order valence-corrected chi connectivity index (χ1v) is 8.56. The molecule has 0 saturated heterocycles. The number of hydrogen-bond donors (Lipinski definition) is 2. The molecule has 0 unspecified atom stereocenters. The molecule has 2 aromatic rings. The van der Waals surface area contributed by atoms with Crippen molar-refractivity contribution in [2.45, 2.75) is 37.8 Å². The number of aliphatic imine (C=N–C) groups is 1. The number of fused-ring (bicyclic) bond motifs is 1. The number of benzene rings is 2. The maximum atomic E-state index is 12.6. The minimum atomic E-state index is -0.542. The van der Waals surface area contributed by atoms with Crippen molar-refractivity contribution in [2.24, 2.45) is 4.99 Å². The van der Waals surface area contributed by atoms with Gasteiger partial charge in [-0.1, -0.05) is 53.0 Å². The Hall–Kier alpha value is -1.72. The first kappa shape index (κ1) is 16.1. The van der Waals surface area contributed by atoms with Gasteiger partial charge in [-0.3, -0.25) is 4.99 Å². The first-order chi connectivity index (χ1) is 11.1. The second kappa shape index (κ2) is 6.81. The molecule has 0 bridgehead atoms. The first-order valence-electron chi connectivity index (χ1n) is 7.76. The molecular weight excluding hydrogens is 356 g/mol. The molecule has 1 fully saturated rings. The van der Waals surface area contributed by atoms with Crippen LogP contribution in [0.3, 0.4) is 0 Å². The van der Waals surface area contributed by atoms with Crippen molar-refractivity contribution in [1.82, 2.24) is 0 Å². The highest BCUT2D eigenvalue weighted by Crippen LogP contribution is 2.29. The fourth-order valence-corrected chi connectivity index (χ4v) is 3.72. The van der Waals surface area contributed by atoms with Gasteiger partial charge in [0.2, 0.25) is 0 Å². The lowest BCUT2D eigenvalue weighted by molar-refractivity contribution is -0.213. The van der Waals surface area contributed by atoms with Gasteiger partial charge in [0.05, 0.1) is 12.1 Å². The SMILES string of the molecule is N=Cc1c(C([O-])=N[C@H]2CCCC[C@@H]2O)cc(Br)c2ccccc12. The quantitative estimate of drug-likeness (QED) is 0.640. The van der Waals surface area contributed by atoms with Crippen LogP contribution in [-0.4, -0.2) is 29.4 Å². The molecule has 23 heavy (non-hydrogen) atoms. The highest BCUT2D eigenvalue weighted by molar-refractivity contribution is 9.10. The van der Waals surface area contributed by atoms with Crippen LogP contribution in [0.4, 0.5) is 0 Å². The average molecular weight is 374 g/mol. The van der Waals surface area contributed by atoms with Gasteiger partial charge in [0.15, 0.2) is 0 Å². The van der Waals surface area contributed by atoms with Crippen LogP contribution in [0.25, 0.3) is 10.8 Å². The summed E-state index contributed by atoms with van der Waals surface area (Å²) in [4.78, 5) is 4.23. The van der Waals surface area contributed by atoms with Gasteiger partial charge < -0.3 is 15.6 Å². The Bertz CT molecular complexity index is 773. The molecule has 2 atom stereocenters. The fraction of sp³-hybridized carbons (Fsp3) is 0.333. The molecule has 1 aliphatic rings. The zero-order chi connectivity index (χ0) is 16.4. The van der Waals surface area contributed by atoms with E-state index in [0.29, 0.717) is 17.5 Å². The van der Waals surface area contributed by atoms with Crippen molar-refractivity contribution >= 4 is 38.8 Å². The lowest BCUT2D eigenvalue weighted by Crippen LogP contribution is -2.32. The number of aliphatic hydroxyl groups excluding tert-OH is 1. The summed E-state index contributed by atoms with van der Waals surface area (Å²) in [6, 6.07) is 9.04. The summed E-state index contributed by atoms with van der Waals surface area (Å²) in [5, 5.41) is 32.2. The number of aliphatic hydroxyl groups is 1. The van der Waals surface area contributed by atoms with E-state index < -0.39 is 6.10 Å². The molecule has 2 aromatic carbocycles. The maximum absolute atomic E-state index is 12.6. The van der Waals surface area contributed by atoms with Gasteiger partial charge in [-0.25, -0.2) is 0 Å². The molecule has 0 aliphatic heterocycles. The van der Waals surface area contributed by atoms with Crippen molar-refractivity contribution in [3.63, 3.8) is 0 Å². The summed E-state index contributed by atoms with van der Waals surface area (Å²) in [5.74, 6) is -0.360. The molecule has 120 valence electrons. The van der Waals surface area contributed by atoms with Crippen LogP contribution in [0.2, 0.25) is 0 Å². The van der Waals surface area contributed by atoms with Crippen LogP contribution < -0.4 is 5.11 Å². The molecule has 2 N–H and O–H groups in total. The average Bonchev–Trinajstić information content (AvgIpc) is 2.57. The Balaban J connectivity index is 2.09. The van der Waals surface area contributed by atoms with Gasteiger partial charge in [0.25, 0.3) is 0 Å². The van der Waals surface area contributed by atoms with Crippen LogP contribution in [0, 0.1) is 5.41 Å². The Morgan fingerprint density at radius 3 is 2.65 bits per heavy atom. The molecule has 0 aromatic heterocycles. The molecule has 0 spiro atoms. The summed E-state index contributed by atoms with van der Waals surface area (Å²) in [7, 11) is 0. The number of nitrogens with one attached hydrogen (secondary N) is 1. The predicted octanol–water partition coefficient (Wildman–Crippen LogP) is 3.01. The molecule has 0 heterocycles. The third kappa shape index (κ3) is 3.16. The van der Waals surface area contributed by atoms with E-state index in [1.807, 2.05) is 24.3 Å². The predicted molar refractivity (Wildman–Crippen MR) is 94.3 cm³/mol. The van der Waals surface area contributed by atoms with E-state index in [-0.39, 0.29) is 11.9 Å². The Morgan fingerprint density at radius 1 is 1.26 bits per heavy atom. The fourth-order valence-electron chi connectivity index (χ4n) is 3.15. The minimum absolute atomic E-state index is 0.333. The highest BCUT2D eigenvalue weighted by Gasteiger charge is 2.22. The van der Waals surface area contributed by atoms with E-state index in [1.54, 1.807) is 6.07 Å². The summed E-state index contributed by atoms with van der Waals surface area (Å²) in [6.45, 7) is 0. The van der Waals surface area contributed by atoms with Crippen LogP contribution >= 0.6 is 15.9 Å². The molecule has 1 saturated carbocycles. The Labute approximate surface area is 143 Å². The zero-order valence-corrected chi connectivity index (χ0v) is 14.2. The lowest BCUT2D eigenvalue weighted by atomic mass is 9.93. The van der Waals surface area contributed by atoms with Crippen LogP contribution in [0.5, 0.6) is 0 Å². The largest absolute Gasteiger partial charge is 0.858 e. The van der Waals surface area contributed by atoms with Crippen molar-refractivity contribution in [1.29, 1.82) is 5.41 Å². The Morgan fingerprint density at radius 2 is 1.96 bits per heavy atom. The van der Waals surface area contributed by atoms with E-state index in [2.05, 4.69) is 20.9 Å². The minimum Gasteiger partial charge on any atom is -0.858 e. The normalized spacial score (nSPS) is 22.3.